The van der Waals surface area contributed by atoms with Gasteiger partial charge in [0.25, 0.3) is 6.01 Å². The number of nitrogens with zero attached hydrogens (tertiary/aromatic N) is 1. The third-order valence-electron chi connectivity index (χ3n) is 2.62. The number of benzene rings is 1. The van der Waals surface area contributed by atoms with Gasteiger partial charge in [0, 0.05) is 0 Å². The Bertz CT molecular complexity index is 602. The van der Waals surface area contributed by atoms with Gasteiger partial charge in [-0.2, -0.15) is 0 Å². The fourth-order valence-electron chi connectivity index (χ4n) is 1.82. The second kappa shape index (κ2) is 5.87. The van der Waals surface area contributed by atoms with E-state index in [0.717, 1.165) is 5.56 Å². The van der Waals surface area contributed by atoms with Crippen LogP contribution in [0.2, 0.25) is 0 Å². The van der Waals surface area contributed by atoms with Gasteiger partial charge in [-0.25, -0.2) is 9.78 Å². The van der Waals surface area contributed by atoms with Crippen LogP contribution in [0.4, 0.5) is 10.8 Å². The standard InChI is InChI=1S/C15H19N3O3/c1-15(2,3)21-14(19)18-12(10-7-5-4-6-8-10)11-9-17-13(16)20-11/h4-9,12H,1-3H3,(H2,16,17)(H,18,19). The molecular formula is C15H19N3O3. The van der Waals surface area contributed by atoms with E-state index in [0.29, 0.717) is 5.76 Å². The Morgan fingerprint density at radius 2 is 2.00 bits per heavy atom. The number of aromatic nitrogens is 1. The first-order chi connectivity index (χ1) is 9.85. The lowest BCUT2D eigenvalue weighted by Crippen LogP contribution is -2.35. The van der Waals surface area contributed by atoms with E-state index in [9.17, 15) is 4.79 Å². The molecule has 0 aliphatic rings. The smallest absolute Gasteiger partial charge is 0.408 e. The first-order valence-electron chi connectivity index (χ1n) is 6.61. The van der Waals surface area contributed by atoms with E-state index in [1.807, 2.05) is 30.3 Å². The van der Waals surface area contributed by atoms with Crippen LogP contribution in [0.1, 0.15) is 38.1 Å². The molecule has 1 aromatic carbocycles. The van der Waals surface area contributed by atoms with Crippen molar-refractivity contribution in [1.29, 1.82) is 0 Å². The summed E-state index contributed by atoms with van der Waals surface area (Å²) in [6.45, 7) is 5.41. The predicted molar refractivity (Wildman–Crippen MR) is 78.6 cm³/mol. The summed E-state index contributed by atoms with van der Waals surface area (Å²) in [7, 11) is 0. The SMILES string of the molecule is CC(C)(C)OC(=O)NC(c1ccccc1)c1cnc(N)o1. The number of rotatable bonds is 3. The zero-order chi connectivity index (χ0) is 15.5. The fourth-order valence-corrected chi connectivity index (χ4v) is 1.82. The number of nitrogen functional groups attached to an aromatic ring is 1. The molecule has 1 unspecified atom stereocenters. The second-order valence-electron chi connectivity index (χ2n) is 5.59. The van der Waals surface area contributed by atoms with Crippen LogP contribution in [-0.4, -0.2) is 16.7 Å². The molecule has 21 heavy (non-hydrogen) atoms. The molecule has 0 aliphatic heterocycles. The van der Waals surface area contributed by atoms with E-state index < -0.39 is 17.7 Å². The molecule has 1 aromatic heterocycles. The van der Waals surface area contributed by atoms with Crippen LogP contribution in [0.3, 0.4) is 0 Å². The number of ether oxygens (including phenoxy) is 1. The Labute approximate surface area is 123 Å². The van der Waals surface area contributed by atoms with Crippen molar-refractivity contribution in [2.75, 3.05) is 5.73 Å². The average Bonchev–Trinajstić information content (AvgIpc) is 2.81. The van der Waals surface area contributed by atoms with Crippen LogP contribution in [0.5, 0.6) is 0 Å². The van der Waals surface area contributed by atoms with Crippen LogP contribution in [-0.2, 0) is 4.74 Å². The molecule has 1 heterocycles. The molecule has 0 fully saturated rings. The van der Waals surface area contributed by atoms with Crippen LogP contribution in [0, 0.1) is 0 Å². The molecule has 0 radical (unpaired) electrons. The molecule has 0 aliphatic carbocycles. The molecule has 0 bridgehead atoms. The molecule has 2 rings (SSSR count). The molecule has 112 valence electrons. The predicted octanol–water partition coefficient (Wildman–Crippen LogP) is 2.87. The highest BCUT2D eigenvalue weighted by Crippen LogP contribution is 2.24. The van der Waals surface area contributed by atoms with Crippen molar-refractivity contribution in [2.45, 2.75) is 32.4 Å². The number of anilines is 1. The third kappa shape index (κ3) is 4.24. The molecule has 0 saturated heterocycles. The fraction of sp³-hybridized carbons (Fsp3) is 0.333. The summed E-state index contributed by atoms with van der Waals surface area (Å²) in [6, 6.07) is 8.94. The Morgan fingerprint density at radius 1 is 1.33 bits per heavy atom. The lowest BCUT2D eigenvalue weighted by molar-refractivity contribution is 0.0507. The molecular weight excluding hydrogens is 270 g/mol. The van der Waals surface area contributed by atoms with E-state index in [4.69, 9.17) is 14.9 Å². The first kappa shape index (κ1) is 14.9. The highest BCUT2D eigenvalue weighted by atomic mass is 16.6. The summed E-state index contributed by atoms with van der Waals surface area (Å²) in [6.07, 6.45) is 0.955. The van der Waals surface area contributed by atoms with Gasteiger partial charge >= 0.3 is 6.09 Å². The van der Waals surface area contributed by atoms with E-state index >= 15 is 0 Å². The van der Waals surface area contributed by atoms with Crippen LogP contribution < -0.4 is 11.1 Å². The third-order valence-corrected chi connectivity index (χ3v) is 2.62. The van der Waals surface area contributed by atoms with Crippen molar-refractivity contribution in [3.8, 4) is 0 Å². The Kier molecular flexibility index (Phi) is 4.16. The van der Waals surface area contributed by atoms with Gasteiger partial charge in [-0.1, -0.05) is 30.3 Å². The number of hydrogen-bond donors (Lipinski definition) is 2. The van der Waals surface area contributed by atoms with Gasteiger partial charge in [-0.3, -0.25) is 0 Å². The topological polar surface area (TPSA) is 90.4 Å². The van der Waals surface area contributed by atoms with Crippen LogP contribution >= 0.6 is 0 Å². The van der Waals surface area contributed by atoms with E-state index in [1.54, 1.807) is 20.8 Å². The highest BCUT2D eigenvalue weighted by Gasteiger charge is 2.24. The zero-order valence-corrected chi connectivity index (χ0v) is 12.3. The average molecular weight is 289 g/mol. The number of nitrogens with two attached hydrogens (primary N) is 1. The van der Waals surface area contributed by atoms with Crippen molar-refractivity contribution in [1.82, 2.24) is 10.3 Å². The first-order valence-corrected chi connectivity index (χ1v) is 6.61. The maximum absolute atomic E-state index is 12.0. The monoisotopic (exact) mass is 289 g/mol. The minimum absolute atomic E-state index is 0.0527. The van der Waals surface area contributed by atoms with Crippen LogP contribution in [0.25, 0.3) is 0 Å². The van der Waals surface area contributed by atoms with Gasteiger partial charge in [-0.15, -0.1) is 0 Å². The molecule has 0 saturated carbocycles. The minimum atomic E-state index is -0.578. The zero-order valence-electron chi connectivity index (χ0n) is 12.3. The summed E-state index contributed by atoms with van der Waals surface area (Å²) >= 11 is 0. The van der Waals surface area contributed by atoms with Crippen molar-refractivity contribution < 1.29 is 13.9 Å². The summed E-state index contributed by atoms with van der Waals surface area (Å²) in [5, 5.41) is 2.77. The molecule has 1 atom stereocenters. The molecule has 1 amide bonds. The number of carbonyl (C=O) groups excluding carboxylic acids is 1. The van der Waals surface area contributed by atoms with E-state index in [2.05, 4.69) is 10.3 Å². The lowest BCUT2D eigenvalue weighted by atomic mass is 10.1. The maximum Gasteiger partial charge on any atom is 0.408 e. The lowest BCUT2D eigenvalue weighted by Gasteiger charge is -2.22. The Balaban J connectivity index is 2.23. The molecule has 6 heteroatoms. The number of oxazole rings is 1. The van der Waals surface area contributed by atoms with Gasteiger partial charge in [0.1, 0.15) is 11.6 Å². The van der Waals surface area contributed by atoms with Crippen molar-refractivity contribution in [3.63, 3.8) is 0 Å². The Hall–Kier alpha value is -2.50. The number of alkyl carbamates (subject to hydrolysis) is 1. The maximum atomic E-state index is 12.0. The molecule has 6 nitrogen and oxygen atoms in total. The number of amides is 1. The van der Waals surface area contributed by atoms with Crippen molar-refractivity contribution in [3.05, 3.63) is 47.9 Å². The molecule has 3 N–H and O–H groups in total. The summed E-state index contributed by atoms with van der Waals surface area (Å²) in [5.74, 6) is 0.449. The number of carbonyl (C=O) groups is 1. The van der Waals surface area contributed by atoms with Gasteiger partial charge in [-0.05, 0) is 26.3 Å². The Morgan fingerprint density at radius 3 is 2.52 bits per heavy atom. The van der Waals surface area contributed by atoms with Gasteiger partial charge in [0.05, 0.1) is 6.20 Å². The normalized spacial score (nSPS) is 12.7. The number of hydrogen-bond acceptors (Lipinski definition) is 5. The van der Waals surface area contributed by atoms with Crippen molar-refractivity contribution >= 4 is 12.1 Å². The van der Waals surface area contributed by atoms with Gasteiger partial charge < -0.3 is 20.2 Å². The van der Waals surface area contributed by atoms with E-state index in [-0.39, 0.29) is 6.01 Å². The van der Waals surface area contributed by atoms with Gasteiger partial charge in [0.2, 0.25) is 0 Å². The largest absolute Gasteiger partial charge is 0.444 e. The minimum Gasteiger partial charge on any atom is -0.444 e. The summed E-state index contributed by atoms with van der Waals surface area (Å²) in [4.78, 5) is 15.9. The quantitative estimate of drug-likeness (QED) is 0.906. The van der Waals surface area contributed by atoms with Gasteiger partial charge in [0.15, 0.2) is 5.76 Å². The van der Waals surface area contributed by atoms with E-state index in [1.165, 1.54) is 6.20 Å². The summed E-state index contributed by atoms with van der Waals surface area (Å²) < 4.78 is 10.6. The second-order valence-corrected chi connectivity index (χ2v) is 5.59. The summed E-state index contributed by atoms with van der Waals surface area (Å²) in [5.41, 5.74) is 5.77. The van der Waals surface area contributed by atoms with Crippen molar-refractivity contribution in [2.24, 2.45) is 0 Å². The van der Waals surface area contributed by atoms with Crippen LogP contribution in [0.15, 0.2) is 40.9 Å². The number of nitrogens with one attached hydrogen (secondary N) is 1. The molecule has 2 aromatic rings. The molecule has 0 spiro atoms. The highest BCUT2D eigenvalue weighted by molar-refractivity contribution is 5.69.